The summed E-state index contributed by atoms with van der Waals surface area (Å²) in [6, 6.07) is 6.32. The van der Waals surface area contributed by atoms with Crippen LogP contribution < -0.4 is 9.50 Å². The van der Waals surface area contributed by atoms with E-state index in [1.807, 2.05) is 20.1 Å². The maximum atomic E-state index is 12.3. The molecule has 0 aromatic heterocycles. The molecular weight excluding hydrogens is 310 g/mol. The fourth-order valence-corrected chi connectivity index (χ4v) is 3.02. The lowest BCUT2D eigenvalue weighted by Gasteiger charge is -2.25. The van der Waals surface area contributed by atoms with Gasteiger partial charge in [-0.15, -0.1) is 0 Å². The first-order valence-corrected chi connectivity index (χ1v) is 9.50. The molecule has 5 nitrogen and oxygen atoms in total. The van der Waals surface area contributed by atoms with Gasteiger partial charge in [-0.3, -0.25) is 4.79 Å². The number of hydrogen-bond acceptors (Lipinski definition) is 5. The zero-order valence-electron chi connectivity index (χ0n) is 12.7. The minimum Gasteiger partial charge on any atom is -0.382 e. The molecule has 0 aliphatic carbocycles. The fourth-order valence-electron chi connectivity index (χ4n) is 1.69. The van der Waals surface area contributed by atoms with Crippen molar-refractivity contribution in [3.63, 3.8) is 0 Å². The lowest BCUT2D eigenvalue weighted by molar-refractivity contribution is 0.0919. The molecule has 21 heavy (non-hydrogen) atoms. The van der Waals surface area contributed by atoms with E-state index in [4.69, 9.17) is 4.18 Å². The molecule has 0 spiro atoms. The van der Waals surface area contributed by atoms with Crippen molar-refractivity contribution in [1.82, 2.24) is 5.32 Å². The Morgan fingerprint density at radius 2 is 1.95 bits per heavy atom. The van der Waals surface area contributed by atoms with Crippen LogP contribution in [0, 0.1) is 0 Å². The Morgan fingerprint density at radius 3 is 2.52 bits per heavy atom. The van der Waals surface area contributed by atoms with E-state index in [0.717, 1.165) is 5.75 Å². The minimum absolute atomic E-state index is 0.0526. The summed E-state index contributed by atoms with van der Waals surface area (Å²) in [7, 11) is -3.67. The van der Waals surface area contributed by atoms with Gasteiger partial charge in [0.25, 0.3) is 5.91 Å². The number of thioether (sulfide) groups is 1. The molecule has 0 fully saturated rings. The largest absolute Gasteiger partial charge is 0.382 e. The van der Waals surface area contributed by atoms with Gasteiger partial charge in [0.2, 0.25) is 0 Å². The summed E-state index contributed by atoms with van der Waals surface area (Å²) in [6.45, 7) is 5.31. The molecule has 7 heteroatoms. The van der Waals surface area contributed by atoms with Crippen molar-refractivity contribution in [3.05, 3.63) is 29.8 Å². The molecule has 118 valence electrons. The van der Waals surface area contributed by atoms with Crippen LogP contribution in [0.4, 0.5) is 0 Å². The van der Waals surface area contributed by atoms with E-state index in [0.29, 0.717) is 0 Å². The van der Waals surface area contributed by atoms with Crippen LogP contribution in [0.1, 0.15) is 31.1 Å². The monoisotopic (exact) mass is 331 g/mol. The number of para-hydroxylation sites is 1. The van der Waals surface area contributed by atoms with Crippen molar-refractivity contribution in [2.24, 2.45) is 0 Å². The number of nitrogens with one attached hydrogen (secondary N) is 1. The molecule has 0 unspecified atom stereocenters. The highest BCUT2D eigenvalue weighted by Gasteiger charge is 2.23. The second-order valence-corrected chi connectivity index (χ2v) is 7.92. The van der Waals surface area contributed by atoms with Crippen molar-refractivity contribution in [3.8, 4) is 5.75 Å². The third kappa shape index (κ3) is 5.59. The Balaban J connectivity index is 3.01. The number of amides is 1. The Labute approximate surface area is 130 Å². The zero-order valence-corrected chi connectivity index (χ0v) is 14.3. The Morgan fingerprint density at radius 1 is 1.33 bits per heavy atom. The first-order chi connectivity index (χ1) is 9.71. The van der Waals surface area contributed by atoms with Crippen molar-refractivity contribution in [1.29, 1.82) is 0 Å². The predicted octanol–water partition coefficient (Wildman–Crippen LogP) is 2.29. The van der Waals surface area contributed by atoms with Gasteiger partial charge in [-0.05, 0) is 39.2 Å². The van der Waals surface area contributed by atoms with Gasteiger partial charge in [0.15, 0.2) is 5.75 Å². The molecule has 0 radical (unpaired) electrons. The number of rotatable bonds is 7. The molecule has 0 atom stereocenters. The lowest BCUT2D eigenvalue weighted by Crippen LogP contribution is -2.45. The smallest absolute Gasteiger partial charge is 0.308 e. The molecule has 1 N–H and O–H groups in total. The zero-order chi connectivity index (χ0) is 16.1. The molecule has 1 aromatic rings. The van der Waals surface area contributed by atoms with Crippen molar-refractivity contribution < 1.29 is 17.4 Å². The van der Waals surface area contributed by atoms with E-state index in [-0.39, 0.29) is 23.0 Å². The van der Waals surface area contributed by atoms with Crippen LogP contribution in [0.15, 0.2) is 24.3 Å². The second kappa shape index (κ2) is 7.17. The molecule has 1 amide bonds. The molecule has 0 aliphatic heterocycles. The average Bonchev–Trinajstić information content (AvgIpc) is 2.38. The van der Waals surface area contributed by atoms with Gasteiger partial charge >= 0.3 is 10.1 Å². The van der Waals surface area contributed by atoms with Gasteiger partial charge in [-0.1, -0.05) is 12.1 Å². The first kappa shape index (κ1) is 17.8. The van der Waals surface area contributed by atoms with E-state index >= 15 is 0 Å². The third-order valence-corrected chi connectivity index (χ3v) is 4.81. The van der Waals surface area contributed by atoms with Crippen LogP contribution in [0.5, 0.6) is 5.75 Å². The Kier molecular flexibility index (Phi) is 6.10. The first-order valence-electron chi connectivity index (χ1n) is 6.53. The van der Waals surface area contributed by atoms with Crippen LogP contribution in [-0.2, 0) is 10.1 Å². The molecular formula is C14H21NO4S2. The highest BCUT2D eigenvalue weighted by molar-refractivity contribution is 7.98. The topological polar surface area (TPSA) is 72.5 Å². The van der Waals surface area contributed by atoms with Gasteiger partial charge in [0.05, 0.1) is 11.3 Å². The van der Waals surface area contributed by atoms with Gasteiger partial charge < -0.3 is 9.50 Å². The van der Waals surface area contributed by atoms with Gasteiger partial charge in [-0.2, -0.15) is 20.2 Å². The van der Waals surface area contributed by atoms with Gasteiger partial charge in [-0.25, -0.2) is 0 Å². The molecule has 0 saturated carbocycles. The van der Waals surface area contributed by atoms with E-state index in [1.54, 1.807) is 30.0 Å². The van der Waals surface area contributed by atoms with E-state index in [1.165, 1.54) is 13.0 Å². The standard InChI is InChI=1S/C14H21NO4S2/c1-5-21(17,18)19-12-9-7-6-8-11(12)13(16)15-14(2,3)10-20-4/h6-9H,5,10H2,1-4H3,(H,15,16). The second-order valence-electron chi connectivity index (χ2n) is 5.20. The van der Waals surface area contributed by atoms with E-state index in [9.17, 15) is 13.2 Å². The number of carbonyl (C=O) groups excluding carboxylic acids is 1. The van der Waals surface area contributed by atoms with Crippen LogP contribution in [0.2, 0.25) is 0 Å². The lowest BCUT2D eigenvalue weighted by atomic mass is 10.1. The summed E-state index contributed by atoms with van der Waals surface area (Å²) in [6.07, 6.45) is 1.96. The summed E-state index contributed by atoms with van der Waals surface area (Å²) in [4.78, 5) is 12.3. The number of carbonyl (C=O) groups is 1. The van der Waals surface area contributed by atoms with Crippen molar-refractivity contribution in [2.45, 2.75) is 26.3 Å². The third-order valence-electron chi connectivity index (χ3n) is 2.66. The SMILES string of the molecule is CCS(=O)(=O)Oc1ccccc1C(=O)NC(C)(C)CSC. The van der Waals surface area contributed by atoms with E-state index < -0.39 is 15.7 Å². The summed E-state index contributed by atoms with van der Waals surface area (Å²) < 4.78 is 28.1. The number of benzene rings is 1. The quantitative estimate of drug-likeness (QED) is 0.776. The van der Waals surface area contributed by atoms with Crippen molar-refractivity contribution >= 4 is 27.8 Å². The Bertz CT molecular complexity index is 597. The molecule has 0 heterocycles. The maximum absolute atomic E-state index is 12.3. The summed E-state index contributed by atoms with van der Waals surface area (Å²) in [5.41, 5.74) is -0.184. The maximum Gasteiger partial charge on any atom is 0.308 e. The minimum atomic E-state index is -3.67. The van der Waals surface area contributed by atoms with Gasteiger partial charge in [0.1, 0.15) is 0 Å². The normalized spacial score (nSPS) is 12.0. The molecule has 0 aliphatic rings. The summed E-state index contributed by atoms with van der Waals surface area (Å²) in [5, 5.41) is 2.88. The predicted molar refractivity (Wildman–Crippen MR) is 86.5 cm³/mol. The Hall–Kier alpha value is -1.21. The average molecular weight is 331 g/mol. The van der Waals surface area contributed by atoms with Gasteiger partial charge in [0, 0.05) is 11.3 Å². The highest BCUT2D eigenvalue weighted by atomic mass is 32.2. The number of hydrogen-bond donors (Lipinski definition) is 1. The highest BCUT2D eigenvalue weighted by Crippen LogP contribution is 2.21. The molecule has 1 aromatic carbocycles. The molecule has 0 bridgehead atoms. The fraction of sp³-hybridized carbons (Fsp3) is 0.500. The molecule has 0 saturated heterocycles. The summed E-state index contributed by atoms with van der Waals surface area (Å²) >= 11 is 1.62. The van der Waals surface area contributed by atoms with Crippen LogP contribution >= 0.6 is 11.8 Å². The molecule has 1 rings (SSSR count). The van der Waals surface area contributed by atoms with Crippen LogP contribution in [-0.4, -0.2) is 37.6 Å². The van der Waals surface area contributed by atoms with E-state index in [2.05, 4.69) is 5.32 Å². The van der Waals surface area contributed by atoms with Crippen LogP contribution in [0.25, 0.3) is 0 Å². The summed E-state index contributed by atoms with van der Waals surface area (Å²) in [5.74, 6) is 0.295. The van der Waals surface area contributed by atoms with Crippen molar-refractivity contribution in [2.75, 3.05) is 17.8 Å². The van der Waals surface area contributed by atoms with Crippen LogP contribution in [0.3, 0.4) is 0 Å².